The topological polar surface area (TPSA) is 30.8 Å². The smallest absolute Gasteiger partial charge is 0.222 e. The molecule has 0 saturated heterocycles. The van der Waals surface area contributed by atoms with Crippen LogP contribution in [0.5, 0.6) is 0 Å². The Balaban J connectivity index is 3.39. The molecule has 56 valence electrons. The van der Waals surface area contributed by atoms with Crippen LogP contribution in [0.1, 0.15) is 13.8 Å². The predicted molar refractivity (Wildman–Crippen MR) is 39.5 cm³/mol. The minimum absolute atomic E-state index is 0.185. The Hall–Kier alpha value is -1.17. The van der Waals surface area contributed by atoms with E-state index >= 15 is 0 Å². The molecule has 0 atom stereocenters. The van der Waals surface area contributed by atoms with Crippen molar-refractivity contribution in [2.24, 2.45) is 5.16 Å². The van der Waals surface area contributed by atoms with Crippen LogP contribution in [0.3, 0.4) is 0 Å². The van der Waals surface area contributed by atoms with Gasteiger partial charge in [-0.1, -0.05) is 11.1 Å². The van der Waals surface area contributed by atoms with E-state index < -0.39 is 0 Å². The molecular formula is C7H11NO2. The summed E-state index contributed by atoms with van der Waals surface area (Å²) >= 11 is 0. The summed E-state index contributed by atoms with van der Waals surface area (Å²) in [5.41, 5.74) is 0. The third kappa shape index (κ3) is 4.98. The van der Waals surface area contributed by atoms with Crippen molar-refractivity contribution >= 4 is 5.90 Å². The Morgan fingerprint density at radius 2 is 2.40 bits per heavy atom. The van der Waals surface area contributed by atoms with Crippen LogP contribution in [-0.2, 0) is 9.57 Å². The molecule has 0 bridgehead atoms. The van der Waals surface area contributed by atoms with Crippen molar-refractivity contribution in [3.63, 3.8) is 0 Å². The number of terminal acetylenes is 1. The van der Waals surface area contributed by atoms with E-state index in [0.717, 1.165) is 0 Å². The Labute approximate surface area is 61.0 Å². The van der Waals surface area contributed by atoms with E-state index in [-0.39, 0.29) is 6.61 Å². The van der Waals surface area contributed by atoms with Crippen LogP contribution in [-0.4, -0.2) is 19.1 Å². The van der Waals surface area contributed by atoms with E-state index in [1.165, 1.54) is 0 Å². The fraction of sp³-hybridized carbons (Fsp3) is 0.571. The summed E-state index contributed by atoms with van der Waals surface area (Å²) in [6.45, 7) is 4.36. The molecule has 0 aromatic rings. The molecule has 0 spiro atoms. The fourth-order valence-electron chi connectivity index (χ4n) is 0.396. The van der Waals surface area contributed by atoms with Gasteiger partial charge in [0.25, 0.3) is 0 Å². The van der Waals surface area contributed by atoms with Gasteiger partial charge in [-0.25, -0.2) is 0 Å². The second-order valence-corrected chi connectivity index (χ2v) is 1.52. The van der Waals surface area contributed by atoms with E-state index in [1.807, 2.05) is 6.92 Å². The maximum Gasteiger partial charge on any atom is 0.222 e. The lowest BCUT2D eigenvalue weighted by atomic mass is 10.7. The number of nitrogens with zero attached hydrogens (tertiary/aromatic N) is 1. The first-order valence-electron chi connectivity index (χ1n) is 3.04. The quantitative estimate of drug-likeness (QED) is 0.193. The average Bonchev–Trinajstić information content (AvgIpc) is 1.89. The van der Waals surface area contributed by atoms with E-state index in [9.17, 15) is 0 Å². The zero-order valence-electron chi connectivity index (χ0n) is 6.26. The monoisotopic (exact) mass is 141 g/mol. The van der Waals surface area contributed by atoms with Gasteiger partial charge in [0, 0.05) is 6.92 Å². The van der Waals surface area contributed by atoms with Gasteiger partial charge in [0.05, 0.1) is 6.61 Å². The number of ether oxygens (including phenoxy) is 1. The number of hydrogen-bond acceptors (Lipinski definition) is 3. The van der Waals surface area contributed by atoms with Gasteiger partial charge in [-0.2, -0.15) is 0 Å². The van der Waals surface area contributed by atoms with Crippen molar-refractivity contribution in [1.29, 1.82) is 0 Å². The van der Waals surface area contributed by atoms with Crippen molar-refractivity contribution in [2.45, 2.75) is 13.8 Å². The van der Waals surface area contributed by atoms with Crippen LogP contribution in [0, 0.1) is 12.3 Å². The molecule has 0 rings (SSSR count). The summed E-state index contributed by atoms with van der Waals surface area (Å²) in [7, 11) is 0. The van der Waals surface area contributed by atoms with E-state index in [0.29, 0.717) is 12.5 Å². The maximum atomic E-state index is 4.94. The highest BCUT2D eigenvalue weighted by Crippen LogP contribution is 1.82. The van der Waals surface area contributed by atoms with Crippen LogP contribution in [0.15, 0.2) is 5.16 Å². The van der Waals surface area contributed by atoms with Crippen molar-refractivity contribution in [2.75, 3.05) is 13.2 Å². The highest BCUT2D eigenvalue weighted by atomic mass is 16.6. The third-order valence-corrected chi connectivity index (χ3v) is 0.694. The van der Waals surface area contributed by atoms with Crippen LogP contribution in [0.2, 0.25) is 0 Å². The van der Waals surface area contributed by atoms with Gasteiger partial charge >= 0.3 is 0 Å². The van der Waals surface area contributed by atoms with E-state index in [1.54, 1.807) is 6.92 Å². The van der Waals surface area contributed by atoms with Crippen molar-refractivity contribution in [3.8, 4) is 12.3 Å². The van der Waals surface area contributed by atoms with Crippen molar-refractivity contribution < 1.29 is 9.57 Å². The number of hydrogen-bond donors (Lipinski definition) is 0. The minimum atomic E-state index is 0.185. The molecule has 0 aliphatic heterocycles. The van der Waals surface area contributed by atoms with Gasteiger partial charge in [-0.3, -0.25) is 0 Å². The summed E-state index contributed by atoms with van der Waals surface area (Å²) in [5.74, 6) is 2.78. The van der Waals surface area contributed by atoms with Crippen LogP contribution < -0.4 is 0 Å². The van der Waals surface area contributed by atoms with Crippen molar-refractivity contribution in [3.05, 3.63) is 0 Å². The molecule has 0 saturated carbocycles. The summed E-state index contributed by atoms with van der Waals surface area (Å²) in [6, 6.07) is 0. The fourth-order valence-corrected chi connectivity index (χ4v) is 0.396. The van der Waals surface area contributed by atoms with Gasteiger partial charge in [-0.15, -0.1) is 6.42 Å². The standard InChI is InChI=1S/C7H11NO2/c1-4-6-10-8-7(3)9-5-2/h1H,5-6H2,2-3H3/b8-7-. The molecule has 0 aromatic heterocycles. The molecule has 0 amide bonds. The maximum absolute atomic E-state index is 4.94. The molecule has 10 heavy (non-hydrogen) atoms. The Morgan fingerprint density at radius 3 is 2.90 bits per heavy atom. The van der Waals surface area contributed by atoms with Crippen LogP contribution >= 0.6 is 0 Å². The lowest BCUT2D eigenvalue weighted by molar-refractivity contribution is 0.164. The number of rotatable bonds is 3. The molecular weight excluding hydrogens is 130 g/mol. The zero-order valence-corrected chi connectivity index (χ0v) is 6.26. The lowest BCUT2D eigenvalue weighted by Crippen LogP contribution is -1.99. The second kappa shape index (κ2) is 5.96. The van der Waals surface area contributed by atoms with Gasteiger partial charge in [0.2, 0.25) is 5.90 Å². The van der Waals surface area contributed by atoms with E-state index in [4.69, 9.17) is 11.2 Å². The molecule has 0 aliphatic rings. The Bertz CT molecular complexity index is 146. The molecule has 0 aliphatic carbocycles. The van der Waals surface area contributed by atoms with Crippen LogP contribution in [0.4, 0.5) is 0 Å². The van der Waals surface area contributed by atoms with Gasteiger partial charge in [-0.05, 0) is 6.92 Å². The Morgan fingerprint density at radius 1 is 1.70 bits per heavy atom. The largest absolute Gasteiger partial charge is 0.479 e. The predicted octanol–water partition coefficient (Wildman–Crippen LogP) is 1.01. The lowest BCUT2D eigenvalue weighted by Gasteiger charge is -1.98. The zero-order chi connectivity index (χ0) is 7.82. The van der Waals surface area contributed by atoms with Gasteiger partial charge in [0.15, 0.2) is 6.61 Å². The van der Waals surface area contributed by atoms with E-state index in [2.05, 4.69) is 15.9 Å². The molecule has 0 unspecified atom stereocenters. The van der Waals surface area contributed by atoms with Crippen molar-refractivity contribution in [1.82, 2.24) is 0 Å². The summed E-state index contributed by atoms with van der Waals surface area (Å²) in [6.07, 6.45) is 4.90. The van der Waals surface area contributed by atoms with Crippen LogP contribution in [0.25, 0.3) is 0 Å². The third-order valence-electron chi connectivity index (χ3n) is 0.694. The summed E-state index contributed by atoms with van der Waals surface area (Å²) < 4.78 is 4.94. The summed E-state index contributed by atoms with van der Waals surface area (Å²) in [4.78, 5) is 4.62. The summed E-state index contributed by atoms with van der Waals surface area (Å²) in [5, 5.41) is 3.56. The molecule has 3 nitrogen and oxygen atoms in total. The number of oxime groups is 1. The first-order valence-corrected chi connectivity index (χ1v) is 3.04. The average molecular weight is 141 g/mol. The molecule has 0 heterocycles. The Kier molecular flexibility index (Phi) is 5.26. The van der Waals surface area contributed by atoms with Gasteiger partial charge < -0.3 is 9.57 Å². The molecule has 0 aromatic carbocycles. The molecule has 0 N–H and O–H groups in total. The normalized spacial score (nSPS) is 10.3. The first-order chi connectivity index (χ1) is 4.81. The van der Waals surface area contributed by atoms with Gasteiger partial charge in [0.1, 0.15) is 0 Å². The molecule has 0 fully saturated rings. The highest BCUT2D eigenvalue weighted by Gasteiger charge is 1.86. The first kappa shape index (κ1) is 8.83. The molecule has 3 heteroatoms. The minimum Gasteiger partial charge on any atom is -0.479 e. The second-order valence-electron chi connectivity index (χ2n) is 1.52. The SMILES string of the molecule is C#CCO/N=C(/C)OCC. The molecule has 0 radical (unpaired) electrons. The highest BCUT2D eigenvalue weighted by molar-refractivity contribution is 5.72.